The van der Waals surface area contributed by atoms with Crippen LogP contribution < -0.4 is 9.80 Å². The van der Waals surface area contributed by atoms with Gasteiger partial charge < -0.3 is 19.3 Å². The van der Waals surface area contributed by atoms with E-state index in [0.717, 1.165) is 34.3 Å². The highest BCUT2D eigenvalue weighted by molar-refractivity contribution is 8.00. The largest absolute Gasteiger partial charge is 0.480 e. The van der Waals surface area contributed by atoms with Crippen molar-refractivity contribution < 1.29 is 14.3 Å². The summed E-state index contributed by atoms with van der Waals surface area (Å²) in [4.78, 5) is 19.9. The smallest absolute Gasteiger partial charge is 0.316 e. The van der Waals surface area contributed by atoms with E-state index < -0.39 is 11.2 Å². The van der Waals surface area contributed by atoms with Crippen LogP contribution in [-0.4, -0.2) is 49.5 Å². The fourth-order valence-electron chi connectivity index (χ4n) is 2.77. The first-order valence-corrected chi connectivity index (χ1v) is 10.1. The zero-order valence-electron chi connectivity index (χ0n) is 17.2. The van der Waals surface area contributed by atoms with Gasteiger partial charge in [0.05, 0.1) is 0 Å². The van der Waals surface area contributed by atoms with Crippen LogP contribution in [0.3, 0.4) is 0 Å². The Hall–Kier alpha value is -2.93. The number of hydrogen-bond donors (Lipinski definition) is 1. The van der Waals surface area contributed by atoms with Gasteiger partial charge in [0.15, 0.2) is 5.76 Å². The highest BCUT2D eigenvalue weighted by Gasteiger charge is 2.21. The van der Waals surface area contributed by atoms with Crippen LogP contribution in [-0.2, 0) is 4.79 Å². The molecule has 1 heterocycles. The SMILES string of the molecule is CC(Sc1nc(-c2ccc(N(C)C)cc2)c(-c2ccc(N(C)C)cc2)o1)C(=O)O. The van der Waals surface area contributed by atoms with Gasteiger partial charge in [-0.3, -0.25) is 4.79 Å². The molecule has 1 atom stereocenters. The molecule has 3 rings (SSSR count). The van der Waals surface area contributed by atoms with Crippen LogP contribution in [0.5, 0.6) is 0 Å². The number of aromatic nitrogens is 1. The van der Waals surface area contributed by atoms with Gasteiger partial charge in [-0.25, -0.2) is 4.98 Å². The molecule has 1 unspecified atom stereocenters. The minimum Gasteiger partial charge on any atom is -0.480 e. The molecule has 0 bridgehead atoms. The van der Waals surface area contributed by atoms with E-state index in [4.69, 9.17) is 4.42 Å². The Morgan fingerprint density at radius 2 is 1.41 bits per heavy atom. The Bertz CT molecular complexity index is 911. The highest BCUT2D eigenvalue weighted by atomic mass is 32.2. The topological polar surface area (TPSA) is 69.8 Å². The lowest BCUT2D eigenvalue weighted by Gasteiger charge is -2.13. The van der Waals surface area contributed by atoms with E-state index in [-0.39, 0.29) is 0 Å². The van der Waals surface area contributed by atoms with E-state index in [1.165, 1.54) is 0 Å². The zero-order chi connectivity index (χ0) is 21.1. The number of carbonyl (C=O) groups is 1. The molecule has 0 radical (unpaired) electrons. The molecule has 0 aliphatic rings. The van der Waals surface area contributed by atoms with Crippen molar-refractivity contribution in [1.29, 1.82) is 0 Å². The molecule has 0 amide bonds. The first-order valence-electron chi connectivity index (χ1n) is 9.22. The van der Waals surface area contributed by atoms with Crippen molar-refractivity contribution >= 4 is 29.1 Å². The summed E-state index contributed by atoms with van der Waals surface area (Å²) in [5, 5.41) is 8.91. The molecule has 0 saturated carbocycles. The maximum atomic E-state index is 11.2. The molecule has 1 N–H and O–H groups in total. The van der Waals surface area contributed by atoms with E-state index in [1.54, 1.807) is 6.92 Å². The van der Waals surface area contributed by atoms with E-state index in [1.807, 2.05) is 86.5 Å². The fraction of sp³-hybridized carbons (Fsp3) is 0.273. The van der Waals surface area contributed by atoms with Crippen molar-refractivity contribution in [1.82, 2.24) is 4.98 Å². The predicted molar refractivity (Wildman–Crippen MR) is 119 cm³/mol. The summed E-state index contributed by atoms with van der Waals surface area (Å²) in [6, 6.07) is 16.1. The molecule has 1 aromatic heterocycles. The Kier molecular flexibility index (Phi) is 6.17. The molecule has 0 spiro atoms. The summed E-state index contributed by atoms with van der Waals surface area (Å²) < 4.78 is 6.02. The van der Waals surface area contributed by atoms with Gasteiger partial charge in [-0.05, 0) is 43.3 Å². The number of carboxylic acid groups (broad SMARTS) is 1. The number of nitrogens with zero attached hydrogens (tertiary/aromatic N) is 3. The molecule has 29 heavy (non-hydrogen) atoms. The quantitative estimate of drug-likeness (QED) is 0.565. The molecule has 0 aliphatic carbocycles. The van der Waals surface area contributed by atoms with Crippen molar-refractivity contribution in [2.45, 2.75) is 17.4 Å². The van der Waals surface area contributed by atoms with Crippen molar-refractivity contribution in [3.63, 3.8) is 0 Å². The van der Waals surface area contributed by atoms with Crippen LogP contribution >= 0.6 is 11.8 Å². The van der Waals surface area contributed by atoms with Crippen molar-refractivity contribution in [2.24, 2.45) is 0 Å². The van der Waals surface area contributed by atoms with Gasteiger partial charge in [-0.1, -0.05) is 23.9 Å². The van der Waals surface area contributed by atoms with Crippen LogP contribution in [0.15, 0.2) is 58.2 Å². The molecule has 2 aromatic carbocycles. The number of oxazole rings is 1. The van der Waals surface area contributed by atoms with E-state index in [0.29, 0.717) is 16.7 Å². The molecule has 152 valence electrons. The van der Waals surface area contributed by atoms with Crippen molar-refractivity contribution in [2.75, 3.05) is 38.0 Å². The lowest BCUT2D eigenvalue weighted by molar-refractivity contribution is -0.136. The predicted octanol–water partition coefficient (Wildman–Crippen LogP) is 4.71. The number of anilines is 2. The first-order chi connectivity index (χ1) is 13.8. The van der Waals surface area contributed by atoms with Gasteiger partial charge in [-0.2, -0.15) is 0 Å². The Morgan fingerprint density at radius 3 is 1.86 bits per heavy atom. The summed E-state index contributed by atoms with van der Waals surface area (Å²) in [6.45, 7) is 1.62. The van der Waals surface area contributed by atoms with Crippen LogP contribution in [0.2, 0.25) is 0 Å². The number of carboxylic acids is 1. The van der Waals surface area contributed by atoms with Crippen LogP contribution in [0.25, 0.3) is 22.6 Å². The molecular weight excluding hydrogens is 386 g/mol. The number of hydrogen-bond acceptors (Lipinski definition) is 6. The van der Waals surface area contributed by atoms with Gasteiger partial charge in [0, 0.05) is 50.7 Å². The van der Waals surface area contributed by atoms with E-state index in [9.17, 15) is 9.90 Å². The molecule has 7 heteroatoms. The second-order valence-electron chi connectivity index (χ2n) is 7.14. The summed E-state index contributed by atoms with van der Waals surface area (Å²) in [6.07, 6.45) is 0. The summed E-state index contributed by atoms with van der Waals surface area (Å²) >= 11 is 1.10. The summed E-state index contributed by atoms with van der Waals surface area (Å²) in [5.41, 5.74) is 4.68. The van der Waals surface area contributed by atoms with Gasteiger partial charge in [0.25, 0.3) is 5.22 Å². The second kappa shape index (κ2) is 8.61. The Morgan fingerprint density at radius 1 is 0.931 bits per heavy atom. The average molecular weight is 412 g/mol. The fourth-order valence-corrected chi connectivity index (χ4v) is 3.45. The van der Waals surface area contributed by atoms with Crippen LogP contribution in [0.4, 0.5) is 11.4 Å². The molecule has 6 nitrogen and oxygen atoms in total. The second-order valence-corrected chi connectivity index (χ2v) is 8.43. The number of benzene rings is 2. The number of rotatable bonds is 7. The lowest BCUT2D eigenvalue weighted by Crippen LogP contribution is -2.10. The zero-order valence-corrected chi connectivity index (χ0v) is 18.0. The third-order valence-electron chi connectivity index (χ3n) is 4.54. The molecule has 0 fully saturated rings. The van der Waals surface area contributed by atoms with Gasteiger partial charge in [-0.15, -0.1) is 0 Å². The molecular formula is C22H25N3O3S. The van der Waals surface area contributed by atoms with E-state index >= 15 is 0 Å². The third kappa shape index (κ3) is 4.74. The van der Waals surface area contributed by atoms with Crippen LogP contribution in [0.1, 0.15) is 6.92 Å². The summed E-state index contributed by atoms with van der Waals surface area (Å²) in [5.74, 6) is -0.269. The Labute approximate surface area is 175 Å². The monoisotopic (exact) mass is 411 g/mol. The minimum atomic E-state index is -0.901. The van der Waals surface area contributed by atoms with Gasteiger partial charge in [0.2, 0.25) is 0 Å². The van der Waals surface area contributed by atoms with E-state index in [2.05, 4.69) is 4.98 Å². The molecule has 0 aliphatic heterocycles. The lowest BCUT2D eigenvalue weighted by atomic mass is 10.0. The molecule has 3 aromatic rings. The van der Waals surface area contributed by atoms with Crippen molar-refractivity contribution in [3.8, 4) is 22.6 Å². The third-order valence-corrected chi connectivity index (χ3v) is 5.47. The first kappa shape index (κ1) is 20.8. The number of aliphatic carboxylic acids is 1. The summed E-state index contributed by atoms with van der Waals surface area (Å²) in [7, 11) is 7.96. The highest BCUT2D eigenvalue weighted by Crippen LogP contribution is 2.37. The number of thioether (sulfide) groups is 1. The standard InChI is InChI=1S/C22H25N3O3S/c1-14(21(26)27)29-22-23-19(15-6-10-17(11-7-15)24(2)3)20(28-22)16-8-12-18(13-9-16)25(4)5/h6-14H,1-5H3,(H,26,27). The van der Waals surface area contributed by atoms with Crippen molar-refractivity contribution in [3.05, 3.63) is 48.5 Å². The maximum absolute atomic E-state index is 11.2. The van der Waals surface area contributed by atoms with Gasteiger partial charge >= 0.3 is 5.97 Å². The molecule has 0 saturated heterocycles. The van der Waals surface area contributed by atoms with Crippen LogP contribution in [0, 0.1) is 0 Å². The Balaban J connectivity index is 2.04. The van der Waals surface area contributed by atoms with Gasteiger partial charge in [0.1, 0.15) is 10.9 Å². The maximum Gasteiger partial charge on any atom is 0.316 e. The average Bonchev–Trinajstić information content (AvgIpc) is 3.11. The minimum absolute atomic E-state index is 0.346. The normalized spacial score (nSPS) is 11.9.